The summed E-state index contributed by atoms with van der Waals surface area (Å²) in [6, 6.07) is 12.8. The van der Waals surface area contributed by atoms with Gasteiger partial charge in [-0.15, -0.1) is 0 Å². The molecule has 9 heteroatoms. The number of hydrogen-bond acceptors (Lipinski definition) is 5. The Balaban J connectivity index is 1.57. The first kappa shape index (κ1) is 20.4. The van der Waals surface area contributed by atoms with Crippen molar-refractivity contribution < 1.29 is 8.42 Å². The van der Waals surface area contributed by atoms with E-state index >= 15 is 0 Å². The maximum atomic E-state index is 13.1. The number of aromatic nitrogens is 2. The molecule has 1 aromatic heterocycles. The predicted octanol–water partition coefficient (Wildman–Crippen LogP) is 1.57. The summed E-state index contributed by atoms with van der Waals surface area (Å²) < 4.78 is 30.2. The Labute approximate surface area is 174 Å². The number of H-pyrrole nitrogens is 1. The first-order chi connectivity index (χ1) is 14.3. The summed E-state index contributed by atoms with van der Waals surface area (Å²) in [4.78, 5) is 26.3. The van der Waals surface area contributed by atoms with Crippen molar-refractivity contribution in [3.05, 3.63) is 68.9 Å². The highest BCUT2D eigenvalue weighted by molar-refractivity contribution is 7.89. The molecular formula is C21H24N4O4S. The van der Waals surface area contributed by atoms with Gasteiger partial charge in [0.25, 0.3) is 5.56 Å². The Morgan fingerprint density at radius 1 is 1.13 bits per heavy atom. The molecule has 0 saturated heterocycles. The van der Waals surface area contributed by atoms with Crippen LogP contribution in [0.3, 0.4) is 0 Å². The maximum absolute atomic E-state index is 13.1. The number of anilines is 1. The van der Waals surface area contributed by atoms with Crippen LogP contribution < -0.4 is 21.3 Å². The van der Waals surface area contributed by atoms with Crippen LogP contribution in [0.1, 0.15) is 18.4 Å². The third kappa shape index (κ3) is 3.78. The fourth-order valence-corrected chi connectivity index (χ4v) is 5.51. The largest absolute Gasteiger partial charge is 0.387 e. The van der Waals surface area contributed by atoms with E-state index in [-0.39, 0.29) is 16.3 Å². The van der Waals surface area contributed by atoms with Gasteiger partial charge in [-0.1, -0.05) is 30.3 Å². The van der Waals surface area contributed by atoms with Crippen LogP contribution in [0.5, 0.6) is 0 Å². The third-order valence-corrected chi connectivity index (χ3v) is 7.27. The van der Waals surface area contributed by atoms with E-state index in [0.29, 0.717) is 17.1 Å². The summed E-state index contributed by atoms with van der Waals surface area (Å²) in [5.41, 5.74) is 0.774. The molecule has 2 aromatic carbocycles. The molecule has 1 aliphatic carbocycles. The molecule has 0 spiro atoms. The molecule has 1 aliphatic rings. The molecule has 0 unspecified atom stereocenters. The maximum Gasteiger partial charge on any atom is 0.328 e. The van der Waals surface area contributed by atoms with Crippen LogP contribution in [-0.2, 0) is 23.5 Å². The second-order valence-electron chi connectivity index (χ2n) is 7.78. The van der Waals surface area contributed by atoms with Crippen LogP contribution in [0.25, 0.3) is 10.9 Å². The SMILES string of the molecule is CNc1cc2c(cc1S(=O)(=O)NC1CC(Cc3ccccc3)C1)c(=O)[nH]c(=O)n2C. The number of rotatable bonds is 6. The Hall–Kier alpha value is -2.91. The second-order valence-corrected chi connectivity index (χ2v) is 9.46. The number of aromatic amines is 1. The predicted molar refractivity (Wildman–Crippen MR) is 116 cm³/mol. The molecule has 4 rings (SSSR count). The third-order valence-electron chi connectivity index (χ3n) is 5.71. The molecule has 0 radical (unpaired) electrons. The summed E-state index contributed by atoms with van der Waals surface area (Å²) in [7, 11) is -0.720. The van der Waals surface area contributed by atoms with Crippen LogP contribution >= 0.6 is 0 Å². The topological polar surface area (TPSA) is 113 Å². The molecule has 1 saturated carbocycles. The minimum Gasteiger partial charge on any atom is -0.387 e. The van der Waals surface area contributed by atoms with E-state index in [4.69, 9.17) is 0 Å². The minimum absolute atomic E-state index is 0.00633. The van der Waals surface area contributed by atoms with E-state index < -0.39 is 21.3 Å². The number of nitrogens with one attached hydrogen (secondary N) is 3. The molecule has 3 N–H and O–H groups in total. The normalized spacial score (nSPS) is 18.9. The van der Waals surface area contributed by atoms with E-state index in [0.717, 1.165) is 19.3 Å². The van der Waals surface area contributed by atoms with Crippen molar-refractivity contribution in [1.29, 1.82) is 0 Å². The molecule has 0 atom stereocenters. The fraction of sp³-hybridized carbons (Fsp3) is 0.333. The average molecular weight is 429 g/mol. The van der Waals surface area contributed by atoms with Gasteiger partial charge in [0.2, 0.25) is 10.0 Å². The average Bonchev–Trinajstić information content (AvgIpc) is 2.70. The van der Waals surface area contributed by atoms with Gasteiger partial charge >= 0.3 is 5.69 Å². The van der Waals surface area contributed by atoms with E-state index in [1.54, 1.807) is 7.05 Å². The number of nitrogens with zero attached hydrogens (tertiary/aromatic N) is 1. The molecule has 158 valence electrons. The molecule has 1 fully saturated rings. The van der Waals surface area contributed by atoms with Gasteiger partial charge in [0.15, 0.2) is 0 Å². The van der Waals surface area contributed by atoms with E-state index in [2.05, 4.69) is 27.2 Å². The Bertz CT molecular complexity index is 1310. The number of fused-ring (bicyclic) bond motifs is 1. The van der Waals surface area contributed by atoms with Gasteiger partial charge in [-0.2, -0.15) is 0 Å². The molecule has 0 bridgehead atoms. The molecule has 0 amide bonds. The van der Waals surface area contributed by atoms with Crippen LogP contribution in [0.4, 0.5) is 5.69 Å². The lowest BCUT2D eigenvalue weighted by Gasteiger charge is -2.35. The summed E-state index contributed by atoms with van der Waals surface area (Å²) in [5, 5.41) is 3.01. The lowest BCUT2D eigenvalue weighted by atomic mass is 9.77. The van der Waals surface area contributed by atoms with Crippen LogP contribution in [-0.4, -0.2) is 31.1 Å². The molecule has 1 heterocycles. The highest BCUT2D eigenvalue weighted by Gasteiger charge is 2.33. The lowest BCUT2D eigenvalue weighted by molar-refractivity contribution is 0.247. The van der Waals surface area contributed by atoms with Crippen molar-refractivity contribution in [3.8, 4) is 0 Å². The Kier molecular flexibility index (Phi) is 5.25. The van der Waals surface area contributed by atoms with Gasteiger partial charge in [0.05, 0.1) is 16.6 Å². The molecule has 30 heavy (non-hydrogen) atoms. The highest BCUT2D eigenvalue weighted by atomic mass is 32.2. The fourth-order valence-electron chi connectivity index (χ4n) is 4.03. The molecule has 8 nitrogen and oxygen atoms in total. The minimum atomic E-state index is -3.84. The second kappa shape index (κ2) is 7.73. The van der Waals surface area contributed by atoms with Crippen LogP contribution in [0.15, 0.2) is 56.9 Å². The van der Waals surface area contributed by atoms with Gasteiger partial charge in [0, 0.05) is 20.1 Å². The zero-order valence-electron chi connectivity index (χ0n) is 16.8. The lowest BCUT2D eigenvalue weighted by Crippen LogP contribution is -2.45. The van der Waals surface area contributed by atoms with E-state index in [1.165, 1.54) is 29.3 Å². The van der Waals surface area contributed by atoms with Crippen molar-refractivity contribution >= 4 is 26.6 Å². The van der Waals surface area contributed by atoms with Gasteiger partial charge in [-0.25, -0.2) is 17.9 Å². The first-order valence-electron chi connectivity index (χ1n) is 9.79. The van der Waals surface area contributed by atoms with Crippen LogP contribution in [0.2, 0.25) is 0 Å². The molecule has 3 aromatic rings. The zero-order chi connectivity index (χ0) is 21.5. The van der Waals surface area contributed by atoms with Crippen molar-refractivity contribution in [2.24, 2.45) is 13.0 Å². The summed E-state index contributed by atoms with van der Waals surface area (Å²) >= 11 is 0. The quantitative estimate of drug-likeness (QED) is 0.552. The highest BCUT2D eigenvalue weighted by Crippen LogP contribution is 2.33. The summed E-state index contributed by atoms with van der Waals surface area (Å²) in [5.74, 6) is 0.442. The number of sulfonamides is 1. The monoisotopic (exact) mass is 428 g/mol. The Morgan fingerprint density at radius 2 is 1.83 bits per heavy atom. The van der Waals surface area contributed by atoms with Gasteiger partial charge in [-0.05, 0) is 42.9 Å². The van der Waals surface area contributed by atoms with Crippen molar-refractivity contribution in [2.45, 2.75) is 30.2 Å². The summed E-state index contributed by atoms with van der Waals surface area (Å²) in [6.45, 7) is 0. The van der Waals surface area contributed by atoms with Gasteiger partial charge in [-0.3, -0.25) is 14.3 Å². The van der Waals surface area contributed by atoms with E-state index in [1.807, 2.05) is 18.2 Å². The van der Waals surface area contributed by atoms with Crippen molar-refractivity contribution in [1.82, 2.24) is 14.3 Å². The number of benzene rings is 2. The van der Waals surface area contributed by atoms with Crippen molar-refractivity contribution in [3.63, 3.8) is 0 Å². The molecular weight excluding hydrogens is 404 g/mol. The Morgan fingerprint density at radius 3 is 2.50 bits per heavy atom. The molecule has 0 aliphatic heterocycles. The van der Waals surface area contributed by atoms with Gasteiger partial charge in [0.1, 0.15) is 4.90 Å². The van der Waals surface area contributed by atoms with Gasteiger partial charge < -0.3 is 5.32 Å². The zero-order valence-corrected chi connectivity index (χ0v) is 17.6. The number of hydrogen-bond donors (Lipinski definition) is 3. The summed E-state index contributed by atoms with van der Waals surface area (Å²) in [6.07, 6.45) is 2.47. The first-order valence-corrected chi connectivity index (χ1v) is 11.3. The number of aryl methyl sites for hydroxylation is 1. The standard InChI is InChI=1S/C21H24N4O4S/c1-22-17-12-18-16(20(26)23-21(27)25(18)2)11-19(17)30(28,29)24-15-9-14(10-15)8-13-6-4-3-5-7-13/h3-7,11-12,14-15,22,24H,8-10H2,1-2H3,(H,23,26,27). The smallest absolute Gasteiger partial charge is 0.328 e. The van der Waals surface area contributed by atoms with Crippen LogP contribution in [0, 0.1) is 5.92 Å². The van der Waals surface area contributed by atoms with E-state index in [9.17, 15) is 18.0 Å². The van der Waals surface area contributed by atoms with Crippen molar-refractivity contribution in [2.75, 3.05) is 12.4 Å².